The molecule has 146 valence electrons. The highest BCUT2D eigenvalue weighted by Crippen LogP contribution is 2.39. The summed E-state index contributed by atoms with van der Waals surface area (Å²) in [7, 11) is 1.52. The number of aromatic nitrogens is 5. The van der Waals surface area contributed by atoms with E-state index >= 15 is 0 Å². The maximum atomic E-state index is 13.0. The Morgan fingerprint density at radius 1 is 1.03 bits per heavy atom. The van der Waals surface area contributed by atoms with Gasteiger partial charge in [-0.15, -0.1) is 0 Å². The third-order valence-electron chi connectivity index (χ3n) is 4.37. The van der Waals surface area contributed by atoms with Gasteiger partial charge in [-0.05, 0) is 18.9 Å². The molecule has 3 aromatic heterocycles. The molecule has 3 N–H and O–H groups in total. The molecule has 0 radical (unpaired) electrons. The molecule has 0 aliphatic heterocycles. The number of carbonyl (C=O) groups is 2. The van der Waals surface area contributed by atoms with E-state index in [0.717, 1.165) is 18.5 Å². The number of hydrogen-bond donors (Lipinski definition) is 3. The Morgan fingerprint density at radius 2 is 1.83 bits per heavy atom. The van der Waals surface area contributed by atoms with E-state index in [1.165, 1.54) is 31.8 Å². The van der Waals surface area contributed by atoms with Gasteiger partial charge in [0.05, 0.1) is 47.4 Å². The average molecular weight is 390 g/mol. The second kappa shape index (κ2) is 7.97. The Hall–Kier alpha value is -3.95. The van der Waals surface area contributed by atoms with E-state index in [9.17, 15) is 9.59 Å². The largest absolute Gasteiger partial charge is 0.355 e. The molecule has 29 heavy (non-hydrogen) atoms. The molecule has 0 bridgehead atoms. The summed E-state index contributed by atoms with van der Waals surface area (Å²) in [5, 5.41) is 8.28. The van der Waals surface area contributed by atoms with Gasteiger partial charge in [0.2, 0.25) is 0 Å². The van der Waals surface area contributed by atoms with Crippen LogP contribution < -0.4 is 16.0 Å². The quantitative estimate of drug-likeness (QED) is 0.581. The second-order valence-electron chi connectivity index (χ2n) is 6.47. The van der Waals surface area contributed by atoms with Crippen molar-refractivity contribution >= 4 is 29.0 Å². The molecule has 3 aromatic rings. The third-order valence-corrected chi connectivity index (χ3v) is 4.37. The van der Waals surface area contributed by atoms with Gasteiger partial charge < -0.3 is 16.0 Å². The highest BCUT2D eigenvalue weighted by atomic mass is 16.2. The van der Waals surface area contributed by atoms with Crippen molar-refractivity contribution in [3.05, 3.63) is 60.3 Å². The fourth-order valence-corrected chi connectivity index (χ4v) is 2.74. The van der Waals surface area contributed by atoms with Crippen LogP contribution in [0.25, 0.3) is 0 Å². The van der Waals surface area contributed by atoms with Gasteiger partial charge in [-0.3, -0.25) is 14.6 Å². The zero-order chi connectivity index (χ0) is 20.2. The Labute approximate surface area is 166 Å². The lowest BCUT2D eigenvalue weighted by Crippen LogP contribution is -2.23. The van der Waals surface area contributed by atoms with Crippen LogP contribution in [0, 0.1) is 0 Å². The molecule has 0 saturated heterocycles. The fraction of sp³-hybridized carbons (Fsp3) is 0.211. The van der Waals surface area contributed by atoms with Crippen LogP contribution in [-0.2, 0) is 0 Å². The topological polar surface area (TPSA) is 135 Å². The minimum absolute atomic E-state index is 0.116. The minimum Gasteiger partial charge on any atom is -0.355 e. The molecule has 0 aromatic carbocycles. The lowest BCUT2D eigenvalue weighted by molar-refractivity contribution is 0.0964. The molecule has 1 saturated carbocycles. The molecule has 4 rings (SSSR count). The van der Waals surface area contributed by atoms with Crippen LogP contribution in [-0.4, -0.2) is 43.8 Å². The monoisotopic (exact) mass is 390 g/mol. The summed E-state index contributed by atoms with van der Waals surface area (Å²) in [5.74, 6) is -0.243. The molecule has 0 spiro atoms. The summed E-state index contributed by atoms with van der Waals surface area (Å²) in [6.07, 6.45) is 11.2. The normalized spacial score (nSPS) is 12.9. The zero-order valence-electron chi connectivity index (χ0n) is 15.6. The molecule has 0 unspecified atom stereocenters. The first-order valence-corrected chi connectivity index (χ1v) is 9.02. The van der Waals surface area contributed by atoms with Gasteiger partial charge in [0.15, 0.2) is 11.5 Å². The summed E-state index contributed by atoms with van der Waals surface area (Å²) in [6, 6.07) is 1.53. The molecule has 1 aliphatic rings. The SMILES string of the molecule is CNC(=O)c1ccncc1NC(=O)c1nc(C2CC2)cnc1Nc1cncnc1. The molecule has 1 fully saturated rings. The zero-order valence-corrected chi connectivity index (χ0v) is 15.6. The predicted molar refractivity (Wildman–Crippen MR) is 105 cm³/mol. The van der Waals surface area contributed by atoms with E-state index < -0.39 is 5.91 Å². The van der Waals surface area contributed by atoms with Crippen molar-refractivity contribution in [2.75, 3.05) is 17.7 Å². The number of nitrogens with zero attached hydrogens (tertiary/aromatic N) is 5. The lowest BCUT2D eigenvalue weighted by atomic mass is 10.2. The number of hydrogen-bond acceptors (Lipinski definition) is 8. The van der Waals surface area contributed by atoms with Crippen LogP contribution in [0.15, 0.2) is 43.4 Å². The summed E-state index contributed by atoms with van der Waals surface area (Å²) >= 11 is 0. The summed E-state index contributed by atoms with van der Waals surface area (Å²) in [4.78, 5) is 45.9. The van der Waals surface area contributed by atoms with Crippen molar-refractivity contribution in [1.29, 1.82) is 0 Å². The minimum atomic E-state index is -0.502. The average Bonchev–Trinajstić information content (AvgIpc) is 3.60. The van der Waals surface area contributed by atoms with Crippen LogP contribution in [0.3, 0.4) is 0 Å². The summed E-state index contributed by atoms with van der Waals surface area (Å²) in [6.45, 7) is 0. The standard InChI is InChI=1S/C19H18N8O2/c1-20-18(28)13-4-5-21-8-15(13)27-19(29)16-17(25-12-6-22-10-23-7-12)24-9-14(26-16)11-2-3-11/h4-11H,2-3H2,1H3,(H,20,28)(H,24,25)(H,27,29). The van der Waals surface area contributed by atoms with Gasteiger partial charge in [0, 0.05) is 19.2 Å². The van der Waals surface area contributed by atoms with Gasteiger partial charge >= 0.3 is 0 Å². The first-order chi connectivity index (χ1) is 14.2. The molecular weight excluding hydrogens is 372 g/mol. The highest BCUT2D eigenvalue weighted by molar-refractivity contribution is 6.10. The number of carbonyl (C=O) groups excluding carboxylic acids is 2. The number of anilines is 3. The Kier molecular flexibility index (Phi) is 5.06. The molecule has 10 heteroatoms. The van der Waals surface area contributed by atoms with Crippen LogP contribution in [0.2, 0.25) is 0 Å². The number of nitrogens with one attached hydrogen (secondary N) is 3. The molecule has 1 aliphatic carbocycles. The van der Waals surface area contributed by atoms with E-state index in [2.05, 4.69) is 40.9 Å². The lowest BCUT2D eigenvalue weighted by Gasteiger charge is -2.13. The van der Waals surface area contributed by atoms with Crippen LogP contribution in [0.5, 0.6) is 0 Å². The molecule has 2 amide bonds. The van der Waals surface area contributed by atoms with Gasteiger partial charge in [0.25, 0.3) is 11.8 Å². The number of pyridine rings is 1. The van der Waals surface area contributed by atoms with Crippen molar-refractivity contribution in [3.8, 4) is 0 Å². The smallest absolute Gasteiger partial charge is 0.278 e. The molecular formula is C19H18N8O2. The van der Waals surface area contributed by atoms with E-state index in [-0.39, 0.29) is 23.1 Å². The van der Waals surface area contributed by atoms with Gasteiger partial charge in [-0.25, -0.2) is 19.9 Å². The summed E-state index contributed by atoms with van der Waals surface area (Å²) in [5.41, 5.74) is 2.03. The second-order valence-corrected chi connectivity index (χ2v) is 6.47. The third kappa shape index (κ3) is 4.15. The van der Waals surface area contributed by atoms with Crippen molar-refractivity contribution in [3.63, 3.8) is 0 Å². The van der Waals surface area contributed by atoms with Crippen molar-refractivity contribution in [1.82, 2.24) is 30.2 Å². The number of amides is 2. The predicted octanol–water partition coefficient (Wildman–Crippen LogP) is 1.89. The maximum Gasteiger partial charge on any atom is 0.278 e. The van der Waals surface area contributed by atoms with Crippen LogP contribution in [0.1, 0.15) is 45.3 Å². The Balaban J connectivity index is 1.66. The molecule has 10 nitrogen and oxygen atoms in total. The van der Waals surface area contributed by atoms with E-state index in [1.807, 2.05) is 0 Å². The highest BCUT2D eigenvalue weighted by Gasteiger charge is 2.28. The first-order valence-electron chi connectivity index (χ1n) is 9.02. The van der Waals surface area contributed by atoms with E-state index in [1.54, 1.807) is 18.6 Å². The Morgan fingerprint density at radius 3 is 2.55 bits per heavy atom. The van der Waals surface area contributed by atoms with Crippen LogP contribution in [0.4, 0.5) is 17.2 Å². The van der Waals surface area contributed by atoms with E-state index in [4.69, 9.17) is 0 Å². The van der Waals surface area contributed by atoms with Crippen LogP contribution >= 0.6 is 0 Å². The van der Waals surface area contributed by atoms with Crippen molar-refractivity contribution in [2.45, 2.75) is 18.8 Å². The number of rotatable bonds is 6. The van der Waals surface area contributed by atoms with Crippen molar-refractivity contribution in [2.24, 2.45) is 0 Å². The summed E-state index contributed by atoms with van der Waals surface area (Å²) < 4.78 is 0. The fourth-order valence-electron chi connectivity index (χ4n) is 2.74. The van der Waals surface area contributed by atoms with Gasteiger partial charge in [-0.1, -0.05) is 0 Å². The molecule has 0 atom stereocenters. The van der Waals surface area contributed by atoms with Gasteiger partial charge in [0.1, 0.15) is 6.33 Å². The van der Waals surface area contributed by atoms with Crippen molar-refractivity contribution < 1.29 is 9.59 Å². The van der Waals surface area contributed by atoms with Gasteiger partial charge in [-0.2, -0.15) is 0 Å². The molecule has 3 heterocycles. The maximum absolute atomic E-state index is 13.0. The Bertz CT molecular complexity index is 1050. The van der Waals surface area contributed by atoms with E-state index in [0.29, 0.717) is 17.2 Å². The first kappa shape index (κ1) is 18.4.